The molecular formula is C9H14FN5O2. The maximum absolute atomic E-state index is 13.6. The highest BCUT2D eigenvalue weighted by molar-refractivity contribution is 5.44. The van der Waals surface area contributed by atoms with Crippen LogP contribution in [0, 0.1) is 5.82 Å². The number of halogens is 1. The molecule has 1 fully saturated rings. The van der Waals surface area contributed by atoms with Crippen molar-refractivity contribution >= 4 is 11.8 Å². The summed E-state index contributed by atoms with van der Waals surface area (Å²) >= 11 is 0. The highest BCUT2D eigenvalue weighted by atomic mass is 19.1. The van der Waals surface area contributed by atoms with E-state index in [4.69, 9.17) is 15.7 Å². The Kier molecular flexibility index (Phi) is 3.67. The SMILES string of the molecule is NNc1ncc(F)c(N2CCOC(CO)C2)n1. The summed E-state index contributed by atoms with van der Waals surface area (Å²) in [5, 5.41) is 9.02. The zero-order chi connectivity index (χ0) is 12.3. The number of nitrogens with one attached hydrogen (secondary N) is 1. The summed E-state index contributed by atoms with van der Waals surface area (Å²) in [6.45, 7) is 1.20. The smallest absolute Gasteiger partial charge is 0.239 e. The van der Waals surface area contributed by atoms with E-state index in [0.29, 0.717) is 19.7 Å². The van der Waals surface area contributed by atoms with Gasteiger partial charge >= 0.3 is 0 Å². The molecule has 94 valence electrons. The lowest BCUT2D eigenvalue weighted by atomic mass is 10.3. The van der Waals surface area contributed by atoms with Gasteiger partial charge in [0.15, 0.2) is 11.6 Å². The van der Waals surface area contributed by atoms with Crippen molar-refractivity contribution < 1.29 is 14.2 Å². The van der Waals surface area contributed by atoms with E-state index >= 15 is 0 Å². The predicted octanol–water partition coefficient (Wildman–Crippen LogP) is -0.901. The zero-order valence-corrected chi connectivity index (χ0v) is 9.14. The highest BCUT2D eigenvalue weighted by Gasteiger charge is 2.23. The van der Waals surface area contributed by atoms with Gasteiger partial charge in [-0.25, -0.2) is 15.2 Å². The minimum Gasteiger partial charge on any atom is -0.394 e. The summed E-state index contributed by atoms with van der Waals surface area (Å²) in [7, 11) is 0. The van der Waals surface area contributed by atoms with Crippen LogP contribution in [-0.2, 0) is 4.74 Å². The Bertz CT molecular complexity index is 392. The number of nitrogens with two attached hydrogens (primary N) is 1. The van der Waals surface area contributed by atoms with Crippen molar-refractivity contribution in [2.24, 2.45) is 5.84 Å². The number of nitrogen functional groups attached to an aromatic ring is 1. The first-order chi connectivity index (χ1) is 8.24. The molecule has 1 aliphatic heterocycles. The third kappa shape index (κ3) is 2.60. The number of morpholine rings is 1. The molecule has 1 aliphatic rings. The van der Waals surface area contributed by atoms with Crippen LogP contribution in [0.3, 0.4) is 0 Å². The lowest BCUT2D eigenvalue weighted by molar-refractivity contribution is 0.00318. The lowest BCUT2D eigenvalue weighted by Crippen LogP contribution is -2.45. The van der Waals surface area contributed by atoms with E-state index in [1.807, 2.05) is 0 Å². The highest BCUT2D eigenvalue weighted by Crippen LogP contribution is 2.19. The van der Waals surface area contributed by atoms with Crippen LogP contribution in [0.25, 0.3) is 0 Å². The van der Waals surface area contributed by atoms with Crippen molar-refractivity contribution in [1.29, 1.82) is 0 Å². The van der Waals surface area contributed by atoms with Gasteiger partial charge in [0.1, 0.15) is 0 Å². The molecule has 8 heteroatoms. The van der Waals surface area contributed by atoms with E-state index in [0.717, 1.165) is 6.20 Å². The molecule has 17 heavy (non-hydrogen) atoms. The average Bonchev–Trinajstić information content (AvgIpc) is 2.39. The van der Waals surface area contributed by atoms with Gasteiger partial charge in [0.25, 0.3) is 0 Å². The Balaban J connectivity index is 2.20. The molecule has 0 radical (unpaired) electrons. The number of hydrogen-bond acceptors (Lipinski definition) is 7. The molecule has 4 N–H and O–H groups in total. The maximum Gasteiger partial charge on any atom is 0.239 e. The quantitative estimate of drug-likeness (QED) is 0.467. The first kappa shape index (κ1) is 12.0. The van der Waals surface area contributed by atoms with E-state index in [2.05, 4.69) is 15.4 Å². The van der Waals surface area contributed by atoms with Crippen LogP contribution in [0.5, 0.6) is 0 Å². The first-order valence-corrected chi connectivity index (χ1v) is 5.21. The molecule has 1 aromatic heterocycles. The summed E-state index contributed by atoms with van der Waals surface area (Å²) in [6, 6.07) is 0. The molecule has 7 nitrogen and oxygen atoms in total. The number of hydrazine groups is 1. The van der Waals surface area contributed by atoms with Crippen molar-refractivity contribution in [2.45, 2.75) is 6.10 Å². The summed E-state index contributed by atoms with van der Waals surface area (Å²) in [5.74, 6) is 4.95. The number of aliphatic hydroxyl groups excluding tert-OH is 1. The van der Waals surface area contributed by atoms with Gasteiger partial charge in [-0.05, 0) is 0 Å². The largest absolute Gasteiger partial charge is 0.394 e. The Labute approximate surface area is 97.4 Å². The minimum absolute atomic E-state index is 0.106. The van der Waals surface area contributed by atoms with Crippen molar-refractivity contribution in [3.05, 3.63) is 12.0 Å². The molecule has 1 unspecified atom stereocenters. The van der Waals surface area contributed by atoms with Gasteiger partial charge in [-0.3, -0.25) is 5.43 Å². The van der Waals surface area contributed by atoms with E-state index in [1.54, 1.807) is 4.90 Å². The Hall–Kier alpha value is -1.51. The second-order valence-corrected chi connectivity index (χ2v) is 3.63. The van der Waals surface area contributed by atoms with Gasteiger partial charge < -0.3 is 14.7 Å². The molecule has 0 aromatic carbocycles. The van der Waals surface area contributed by atoms with Crippen molar-refractivity contribution in [3.63, 3.8) is 0 Å². The predicted molar refractivity (Wildman–Crippen MR) is 58.8 cm³/mol. The van der Waals surface area contributed by atoms with Crippen LogP contribution in [0.1, 0.15) is 0 Å². The van der Waals surface area contributed by atoms with Gasteiger partial charge in [0.05, 0.1) is 25.5 Å². The average molecular weight is 243 g/mol. The fourth-order valence-electron chi connectivity index (χ4n) is 1.67. The number of nitrogens with zero attached hydrogens (tertiary/aromatic N) is 3. The lowest BCUT2D eigenvalue weighted by Gasteiger charge is -2.32. The Morgan fingerprint density at radius 2 is 2.53 bits per heavy atom. The molecule has 0 saturated carbocycles. The van der Waals surface area contributed by atoms with Crippen molar-refractivity contribution in [2.75, 3.05) is 36.6 Å². The molecule has 0 bridgehead atoms. The van der Waals surface area contributed by atoms with Crippen molar-refractivity contribution in [1.82, 2.24) is 9.97 Å². The fourth-order valence-corrected chi connectivity index (χ4v) is 1.67. The zero-order valence-electron chi connectivity index (χ0n) is 9.14. The van der Waals surface area contributed by atoms with Gasteiger partial charge in [-0.15, -0.1) is 0 Å². The van der Waals surface area contributed by atoms with Crippen LogP contribution in [-0.4, -0.2) is 47.5 Å². The van der Waals surface area contributed by atoms with E-state index in [9.17, 15) is 4.39 Å². The number of anilines is 2. The Morgan fingerprint density at radius 3 is 3.24 bits per heavy atom. The van der Waals surface area contributed by atoms with Gasteiger partial charge in [-0.1, -0.05) is 0 Å². The van der Waals surface area contributed by atoms with Gasteiger partial charge in [0, 0.05) is 13.1 Å². The first-order valence-electron chi connectivity index (χ1n) is 5.21. The summed E-state index contributed by atoms with van der Waals surface area (Å²) < 4.78 is 18.9. The molecule has 1 saturated heterocycles. The van der Waals surface area contributed by atoms with Gasteiger partial charge in [0.2, 0.25) is 5.95 Å². The normalized spacial score (nSPS) is 20.4. The van der Waals surface area contributed by atoms with E-state index < -0.39 is 5.82 Å². The van der Waals surface area contributed by atoms with Crippen LogP contribution < -0.4 is 16.2 Å². The third-order valence-electron chi connectivity index (χ3n) is 2.50. The topological polar surface area (TPSA) is 96.5 Å². The molecule has 2 rings (SSSR count). The minimum atomic E-state index is -0.525. The maximum atomic E-state index is 13.6. The van der Waals surface area contributed by atoms with Crippen LogP contribution in [0.2, 0.25) is 0 Å². The Morgan fingerprint density at radius 1 is 1.71 bits per heavy atom. The van der Waals surface area contributed by atoms with E-state index in [-0.39, 0.29) is 24.5 Å². The monoisotopic (exact) mass is 243 g/mol. The van der Waals surface area contributed by atoms with Crippen LogP contribution in [0.4, 0.5) is 16.2 Å². The molecule has 0 spiro atoms. The number of aliphatic hydroxyl groups is 1. The second-order valence-electron chi connectivity index (χ2n) is 3.63. The number of hydrogen-bond donors (Lipinski definition) is 3. The molecule has 0 amide bonds. The fraction of sp³-hybridized carbons (Fsp3) is 0.556. The van der Waals surface area contributed by atoms with Crippen LogP contribution in [0.15, 0.2) is 6.20 Å². The van der Waals surface area contributed by atoms with E-state index in [1.165, 1.54) is 0 Å². The van der Waals surface area contributed by atoms with Crippen molar-refractivity contribution in [3.8, 4) is 0 Å². The van der Waals surface area contributed by atoms with Crippen LogP contribution >= 0.6 is 0 Å². The number of rotatable bonds is 3. The molecule has 1 atom stereocenters. The summed E-state index contributed by atoms with van der Waals surface area (Å²) in [5.41, 5.74) is 2.26. The molecule has 2 heterocycles. The molecular weight excluding hydrogens is 229 g/mol. The summed E-state index contributed by atoms with van der Waals surface area (Å²) in [6.07, 6.45) is 0.730. The molecule has 1 aromatic rings. The standard InChI is InChI=1S/C9H14FN5O2/c10-7-3-12-9(14-11)13-8(7)15-1-2-17-6(4-15)5-16/h3,6,16H,1-2,4-5,11H2,(H,12,13,14). The third-order valence-corrected chi connectivity index (χ3v) is 2.50. The summed E-state index contributed by atoms with van der Waals surface area (Å²) in [4.78, 5) is 9.31. The molecule has 0 aliphatic carbocycles. The second kappa shape index (κ2) is 5.21. The number of aromatic nitrogens is 2. The van der Waals surface area contributed by atoms with Gasteiger partial charge in [-0.2, -0.15) is 4.98 Å². The number of ether oxygens (including phenoxy) is 1.